The van der Waals surface area contributed by atoms with Crippen LogP contribution in [0.5, 0.6) is 5.75 Å². The Kier molecular flexibility index (Phi) is 5.63. The molecule has 1 aliphatic heterocycles. The molecule has 0 unspecified atom stereocenters. The molecular weight excluding hydrogens is 326 g/mol. The predicted octanol–water partition coefficient (Wildman–Crippen LogP) is 2.54. The maximum Gasteiger partial charge on any atom is 0.344 e. The first-order chi connectivity index (χ1) is 11.6. The van der Waals surface area contributed by atoms with Gasteiger partial charge in [0, 0.05) is 12.4 Å². The van der Waals surface area contributed by atoms with Gasteiger partial charge in [-0.3, -0.25) is 4.57 Å². The van der Waals surface area contributed by atoms with Crippen molar-refractivity contribution < 1.29 is 9.47 Å². The van der Waals surface area contributed by atoms with Gasteiger partial charge in [-0.1, -0.05) is 23.9 Å². The van der Waals surface area contributed by atoms with E-state index in [1.165, 1.54) is 17.3 Å². The first kappa shape index (κ1) is 17.1. The van der Waals surface area contributed by atoms with E-state index in [-0.39, 0.29) is 11.8 Å². The lowest BCUT2D eigenvalue weighted by Gasteiger charge is -2.12. The van der Waals surface area contributed by atoms with E-state index in [4.69, 9.17) is 9.47 Å². The van der Waals surface area contributed by atoms with Crippen LogP contribution in [0.1, 0.15) is 24.0 Å². The summed E-state index contributed by atoms with van der Waals surface area (Å²) in [6.45, 7) is 6.00. The molecule has 0 saturated carbocycles. The quantitative estimate of drug-likeness (QED) is 0.614. The van der Waals surface area contributed by atoms with Crippen LogP contribution in [0.2, 0.25) is 0 Å². The molecule has 7 heteroatoms. The van der Waals surface area contributed by atoms with Crippen molar-refractivity contribution in [1.29, 1.82) is 0 Å². The van der Waals surface area contributed by atoms with Gasteiger partial charge in [-0.05, 0) is 43.9 Å². The summed E-state index contributed by atoms with van der Waals surface area (Å²) < 4.78 is 13.1. The average Bonchev–Trinajstić information content (AvgIpc) is 3.19. The van der Waals surface area contributed by atoms with E-state index >= 15 is 0 Å². The summed E-state index contributed by atoms with van der Waals surface area (Å²) in [5.74, 6) is 1.64. The van der Waals surface area contributed by atoms with Crippen molar-refractivity contribution in [3.05, 3.63) is 39.8 Å². The van der Waals surface area contributed by atoms with Crippen LogP contribution in [0.4, 0.5) is 0 Å². The van der Waals surface area contributed by atoms with Crippen LogP contribution >= 0.6 is 11.8 Å². The number of ether oxygens (including phenoxy) is 2. The van der Waals surface area contributed by atoms with Crippen LogP contribution in [0.3, 0.4) is 0 Å². The van der Waals surface area contributed by atoms with E-state index in [2.05, 4.69) is 29.3 Å². The number of nitrogens with one attached hydrogen (secondary N) is 1. The number of thioether (sulfide) groups is 1. The number of nitrogens with zero attached hydrogens (tertiary/aromatic N) is 2. The van der Waals surface area contributed by atoms with Crippen molar-refractivity contribution >= 4 is 11.8 Å². The third-order valence-corrected chi connectivity index (χ3v) is 4.99. The molecule has 1 aromatic carbocycles. The van der Waals surface area contributed by atoms with Gasteiger partial charge in [0.1, 0.15) is 5.75 Å². The third kappa shape index (κ3) is 4.21. The van der Waals surface area contributed by atoms with Crippen molar-refractivity contribution in [3.63, 3.8) is 0 Å². The highest BCUT2D eigenvalue weighted by Gasteiger charge is 2.19. The summed E-state index contributed by atoms with van der Waals surface area (Å²) in [5, 5.41) is 7.33. The van der Waals surface area contributed by atoms with Gasteiger partial charge in [-0.25, -0.2) is 9.89 Å². The summed E-state index contributed by atoms with van der Waals surface area (Å²) in [4.78, 5) is 11.9. The topological polar surface area (TPSA) is 69.1 Å². The molecule has 1 N–H and O–H groups in total. The molecule has 3 rings (SSSR count). The van der Waals surface area contributed by atoms with Crippen LogP contribution in [0.15, 0.2) is 28.2 Å². The predicted molar refractivity (Wildman–Crippen MR) is 94.0 cm³/mol. The fraction of sp³-hybridized carbons (Fsp3) is 0.529. The molecule has 1 fully saturated rings. The molecule has 1 aliphatic rings. The summed E-state index contributed by atoms with van der Waals surface area (Å²) in [5.41, 5.74) is 2.13. The summed E-state index contributed by atoms with van der Waals surface area (Å²) in [6.07, 6.45) is 2.17. The van der Waals surface area contributed by atoms with E-state index in [0.717, 1.165) is 36.5 Å². The largest absolute Gasteiger partial charge is 0.492 e. The molecule has 0 radical (unpaired) electrons. The van der Waals surface area contributed by atoms with Crippen molar-refractivity contribution in [3.8, 4) is 5.75 Å². The van der Waals surface area contributed by atoms with Gasteiger partial charge in [-0.2, -0.15) is 0 Å². The van der Waals surface area contributed by atoms with Crippen molar-refractivity contribution in [2.75, 3.05) is 19.0 Å². The fourth-order valence-electron chi connectivity index (χ4n) is 2.71. The van der Waals surface area contributed by atoms with Crippen molar-refractivity contribution in [2.45, 2.75) is 44.5 Å². The molecule has 1 saturated heterocycles. The van der Waals surface area contributed by atoms with E-state index in [1.807, 2.05) is 13.0 Å². The van der Waals surface area contributed by atoms with E-state index in [0.29, 0.717) is 18.3 Å². The minimum absolute atomic E-state index is 0.117. The molecule has 0 amide bonds. The maximum absolute atomic E-state index is 11.9. The highest BCUT2D eigenvalue weighted by molar-refractivity contribution is 7.99. The number of aryl methyl sites for hydroxylation is 2. The molecule has 1 aromatic heterocycles. The lowest BCUT2D eigenvalue weighted by molar-refractivity contribution is 0.0941. The van der Waals surface area contributed by atoms with E-state index < -0.39 is 0 Å². The Bertz CT molecular complexity index is 735. The molecule has 24 heavy (non-hydrogen) atoms. The Morgan fingerprint density at radius 3 is 3.12 bits per heavy atom. The van der Waals surface area contributed by atoms with Crippen LogP contribution in [-0.4, -0.2) is 39.8 Å². The number of H-pyrrole nitrogens is 1. The van der Waals surface area contributed by atoms with E-state index in [9.17, 15) is 4.79 Å². The lowest BCUT2D eigenvalue weighted by Crippen LogP contribution is -2.25. The molecule has 1 atom stereocenters. The van der Waals surface area contributed by atoms with Gasteiger partial charge in [0.2, 0.25) is 0 Å². The maximum atomic E-state index is 11.9. The molecule has 0 aliphatic carbocycles. The van der Waals surface area contributed by atoms with Crippen LogP contribution in [-0.2, 0) is 11.3 Å². The summed E-state index contributed by atoms with van der Waals surface area (Å²) in [6, 6.07) is 6.18. The third-order valence-electron chi connectivity index (χ3n) is 4.05. The second kappa shape index (κ2) is 7.90. The zero-order valence-corrected chi connectivity index (χ0v) is 14.9. The van der Waals surface area contributed by atoms with Crippen molar-refractivity contribution in [2.24, 2.45) is 0 Å². The van der Waals surface area contributed by atoms with Crippen LogP contribution < -0.4 is 10.4 Å². The second-order valence-corrected chi connectivity index (χ2v) is 7.08. The number of aromatic nitrogens is 3. The van der Waals surface area contributed by atoms with Crippen molar-refractivity contribution in [1.82, 2.24) is 14.8 Å². The number of rotatable bonds is 7. The van der Waals surface area contributed by atoms with E-state index in [1.54, 1.807) is 4.57 Å². The molecule has 0 bridgehead atoms. The van der Waals surface area contributed by atoms with Gasteiger partial charge in [0.05, 0.1) is 19.3 Å². The standard InChI is InChI=1S/C17H23N3O3S/c1-12-5-6-13(2)15(10-12)23-8-9-24-17-19-18-16(21)20(17)11-14-4-3-7-22-14/h5-6,10,14H,3-4,7-9,11H2,1-2H3,(H,18,21)/t14-/m0/s1. The Hall–Kier alpha value is -1.73. The Morgan fingerprint density at radius 1 is 1.46 bits per heavy atom. The highest BCUT2D eigenvalue weighted by Crippen LogP contribution is 2.21. The molecule has 6 nitrogen and oxygen atoms in total. The monoisotopic (exact) mass is 349 g/mol. The molecule has 130 valence electrons. The number of hydrogen-bond donors (Lipinski definition) is 1. The van der Waals surface area contributed by atoms with Crippen LogP contribution in [0.25, 0.3) is 0 Å². The van der Waals surface area contributed by atoms with Gasteiger partial charge >= 0.3 is 5.69 Å². The number of hydrogen-bond acceptors (Lipinski definition) is 5. The van der Waals surface area contributed by atoms with Gasteiger partial charge in [-0.15, -0.1) is 5.10 Å². The SMILES string of the molecule is Cc1ccc(C)c(OCCSc2n[nH]c(=O)n2C[C@@H]2CCCO2)c1. The Balaban J connectivity index is 1.53. The van der Waals surface area contributed by atoms with Gasteiger partial charge < -0.3 is 9.47 Å². The zero-order valence-electron chi connectivity index (χ0n) is 14.1. The molecule has 2 heterocycles. The fourth-order valence-corrected chi connectivity index (χ4v) is 3.49. The number of aromatic amines is 1. The highest BCUT2D eigenvalue weighted by atomic mass is 32.2. The number of benzene rings is 1. The minimum Gasteiger partial charge on any atom is -0.492 e. The smallest absolute Gasteiger partial charge is 0.344 e. The summed E-state index contributed by atoms with van der Waals surface area (Å²) >= 11 is 1.52. The minimum atomic E-state index is -0.177. The van der Waals surface area contributed by atoms with Gasteiger partial charge in [0.15, 0.2) is 5.16 Å². The Labute approximate surface area is 145 Å². The Morgan fingerprint density at radius 2 is 2.33 bits per heavy atom. The second-order valence-electron chi connectivity index (χ2n) is 6.02. The normalized spacial score (nSPS) is 17.3. The first-order valence-corrected chi connectivity index (χ1v) is 9.21. The molecule has 0 spiro atoms. The summed E-state index contributed by atoms with van der Waals surface area (Å²) in [7, 11) is 0. The molecular formula is C17H23N3O3S. The van der Waals surface area contributed by atoms with Gasteiger partial charge in [0.25, 0.3) is 0 Å². The lowest BCUT2D eigenvalue weighted by atomic mass is 10.1. The molecule has 2 aromatic rings. The van der Waals surface area contributed by atoms with Crippen LogP contribution in [0, 0.1) is 13.8 Å². The first-order valence-electron chi connectivity index (χ1n) is 8.23. The average molecular weight is 349 g/mol. The zero-order chi connectivity index (χ0) is 16.9.